The number of likely N-dealkylation sites (tertiary alicyclic amines) is 1. The van der Waals surface area contributed by atoms with Gasteiger partial charge in [0.1, 0.15) is 6.04 Å². The van der Waals surface area contributed by atoms with Crippen LogP contribution in [-0.4, -0.2) is 48.4 Å². The molecule has 0 bridgehead atoms. The fourth-order valence-electron chi connectivity index (χ4n) is 3.02. The first-order valence-corrected chi connectivity index (χ1v) is 8.24. The van der Waals surface area contributed by atoms with Crippen LogP contribution < -0.4 is 9.64 Å². The van der Waals surface area contributed by atoms with Crippen LogP contribution in [0.25, 0.3) is 0 Å². The molecule has 0 radical (unpaired) electrons. The number of nitrogens with zero attached hydrogens (tertiary/aromatic N) is 3. The van der Waals surface area contributed by atoms with Gasteiger partial charge in [-0.2, -0.15) is 0 Å². The van der Waals surface area contributed by atoms with Crippen molar-refractivity contribution in [1.82, 2.24) is 9.88 Å². The van der Waals surface area contributed by atoms with Gasteiger partial charge in [0.2, 0.25) is 11.8 Å². The Balaban J connectivity index is 1.78. The van der Waals surface area contributed by atoms with Crippen molar-refractivity contribution in [2.75, 3.05) is 25.6 Å². The second-order valence-electron chi connectivity index (χ2n) is 5.94. The van der Waals surface area contributed by atoms with E-state index in [1.54, 1.807) is 42.4 Å². The van der Waals surface area contributed by atoms with Crippen molar-refractivity contribution in [2.45, 2.75) is 25.3 Å². The molecule has 0 aliphatic carbocycles. The maximum Gasteiger partial charge on any atom is 0.290 e. The Kier molecular flexibility index (Phi) is 5.02. The molecule has 1 saturated heterocycles. The molecule has 7 heteroatoms. The fraction of sp³-hybridized carbons (Fsp3) is 0.389. The standard InChI is InChI=1S/C18H21N3O4/c1-20(13-8-9-16(24-2)19-12-13)17(22)14-6-3-4-10-21(14)18(23)15-7-5-11-25-15/h5,7-9,11-12,14H,3-4,6,10H2,1-2H3/t14-/m0/s1. The van der Waals surface area contributed by atoms with E-state index in [1.807, 2.05) is 0 Å². The summed E-state index contributed by atoms with van der Waals surface area (Å²) < 4.78 is 10.2. The first kappa shape index (κ1) is 17.0. The lowest BCUT2D eigenvalue weighted by molar-refractivity contribution is -0.123. The Morgan fingerprint density at radius 3 is 2.80 bits per heavy atom. The van der Waals surface area contributed by atoms with E-state index in [-0.39, 0.29) is 17.6 Å². The second kappa shape index (κ2) is 7.38. The van der Waals surface area contributed by atoms with Crippen LogP contribution >= 0.6 is 0 Å². The van der Waals surface area contributed by atoms with Crippen molar-refractivity contribution in [2.24, 2.45) is 0 Å². The fourth-order valence-corrected chi connectivity index (χ4v) is 3.02. The Bertz CT molecular complexity index is 727. The molecule has 0 spiro atoms. The van der Waals surface area contributed by atoms with Crippen LogP contribution in [0.5, 0.6) is 5.88 Å². The van der Waals surface area contributed by atoms with Crippen LogP contribution in [0, 0.1) is 0 Å². The Morgan fingerprint density at radius 2 is 2.16 bits per heavy atom. The molecule has 1 aliphatic heterocycles. The summed E-state index contributed by atoms with van der Waals surface area (Å²) in [5, 5.41) is 0. The lowest BCUT2D eigenvalue weighted by atomic mass is 10.0. The summed E-state index contributed by atoms with van der Waals surface area (Å²) in [5.74, 6) is 0.362. The number of ether oxygens (including phenoxy) is 1. The van der Waals surface area contributed by atoms with E-state index in [4.69, 9.17) is 9.15 Å². The van der Waals surface area contributed by atoms with Gasteiger partial charge < -0.3 is 19.0 Å². The summed E-state index contributed by atoms with van der Waals surface area (Å²) in [5.41, 5.74) is 0.654. The molecule has 25 heavy (non-hydrogen) atoms. The monoisotopic (exact) mass is 343 g/mol. The molecular formula is C18H21N3O4. The van der Waals surface area contributed by atoms with Gasteiger partial charge in [-0.15, -0.1) is 0 Å². The third-order valence-corrected chi connectivity index (χ3v) is 4.43. The van der Waals surface area contributed by atoms with Crippen molar-refractivity contribution >= 4 is 17.5 Å². The van der Waals surface area contributed by atoms with E-state index in [1.165, 1.54) is 18.3 Å². The maximum absolute atomic E-state index is 13.0. The van der Waals surface area contributed by atoms with Gasteiger partial charge in [0, 0.05) is 19.7 Å². The number of methoxy groups -OCH3 is 1. The molecule has 0 saturated carbocycles. The van der Waals surface area contributed by atoms with Crippen LogP contribution in [0.2, 0.25) is 0 Å². The van der Waals surface area contributed by atoms with Gasteiger partial charge in [0.25, 0.3) is 5.91 Å². The number of rotatable bonds is 4. The normalized spacial score (nSPS) is 17.2. The predicted octanol–water partition coefficient (Wildman–Crippen LogP) is 2.34. The maximum atomic E-state index is 13.0. The number of carbonyl (C=O) groups excluding carboxylic acids is 2. The minimum absolute atomic E-state index is 0.133. The lowest BCUT2D eigenvalue weighted by Gasteiger charge is -2.36. The van der Waals surface area contributed by atoms with Crippen LogP contribution in [0.1, 0.15) is 29.8 Å². The molecule has 1 aliphatic rings. The zero-order chi connectivity index (χ0) is 17.8. The molecule has 1 atom stereocenters. The summed E-state index contributed by atoms with van der Waals surface area (Å²) in [6.07, 6.45) is 5.47. The third-order valence-electron chi connectivity index (χ3n) is 4.43. The van der Waals surface area contributed by atoms with Crippen LogP contribution in [-0.2, 0) is 4.79 Å². The summed E-state index contributed by atoms with van der Waals surface area (Å²) in [4.78, 5) is 32.9. The Morgan fingerprint density at radius 1 is 1.32 bits per heavy atom. The molecule has 2 aromatic heterocycles. The first-order chi connectivity index (χ1) is 12.1. The molecule has 0 aromatic carbocycles. The molecule has 2 aromatic rings. The van der Waals surface area contributed by atoms with Gasteiger partial charge in [0.15, 0.2) is 5.76 Å². The van der Waals surface area contributed by atoms with Gasteiger partial charge in [-0.3, -0.25) is 9.59 Å². The zero-order valence-corrected chi connectivity index (χ0v) is 14.3. The highest BCUT2D eigenvalue weighted by atomic mass is 16.5. The van der Waals surface area contributed by atoms with E-state index in [0.717, 1.165) is 12.8 Å². The molecule has 7 nitrogen and oxygen atoms in total. The molecule has 3 heterocycles. The van der Waals surface area contributed by atoms with Crippen molar-refractivity contribution in [3.8, 4) is 5.88 Å². The number of pyridine rings is 1. The minimum Gasteiger partial charge on any atom is -0.481 e. The van der Waals surface area contributed by atoms with Crippen molar-refractivity contribution in [3.63, 3.8) is 0 Å². The topological polar surface area (TPSA) is 75.9 Å². The van der Waals surface area contributed by atoms with E-state index < -0.39 is 6.04 Å². The van der Waals surface area contributed by atoms with Crippen LogP contribution in [0.4, 0.5) is 5.69 Å². The van der Waals surface area contributed by atoms with Gasteiger partial charge >= 0.3 is 0 Å². The zero-order valence-electron chi connectivity index (χ0n) is 14.3. The Hall–Kier alpha value is -2.83. The molecular weight excluding hydrogens is 322 g/mol. The number of aromatic nitrogens is 1. The number of carbonyl (C=O) groups is 2. The molecule has 3 rings (SSSR count). The number of anilines is 1. The first-order valence-electron chi connectivity index (χ1n) is 8.24. The minimum atomic E-state index is -0.501. The van der Waals surface area contributed by atoms with E-state index >= 15 is 0 Å². The van der Waals surface area contributed by atoms with Gasteiger partial charge in [-0.1, -0.05) is 0 Å². The quantitative estimate of drug-likeness (QED) is 0.852. The molecule has 0 unspecified atom stereocenters. The summed E-state index contributed by atoms with van der Waals surface area (Å²) in [7, 11) is 3.23. The Labute approximate surface area is 146 Å². The van der Waals surface area contributed by atoms with E-state index in [2.05, 4.69) is 4.98 Å². The molecule has 0 N–H and O–H groups in total. The number of piperidine rings is 1. The van der Waals surface area contributed by atoms with E-state index in [0.29, 0.717) is 24.5 Å². The average Bonchev–Trinajstić information content (AvgIpc) is 3.21. The predicted molar refractivity (Wildman–Crippen MR) is 91.6 cm³/mol. The third kappa shape index (κ3) is 3.50. The number of hydrogen-bond acceptors (Lipinski definition) is 5. The van der Waals surface area contributed by atoms with Crippen molar-refractivity contribution in [1.29, 1.82) is 0 Å². The smallest absolute Gasteiger partial charge is 0.290 e. The second-order valence-corrected chi connectivity index (χ2v) is 5.94. The SMILES string of the molecule is COc1ccc(N(C)C(=O)[C@@H]2CCCCN2C(=O)c2ccco2)cn1. The molecule has 1 fully saturated rings. The van der Waals surface area contributed by atoms with Gasteiger partial charge in [0.05, 0.1) is 25.3 Å². The largest absolute Gasteiger partial charge is 0.481 e. The number of hydrogen-bond donors (Lipinski definition) is 0. The van der Waals surface area contributed by atoms with Crippen molar-refractivity contribution in [3.05, 3.63) is 42.5 Å². The highest BCUT2D eigenvalue weighted by Crippen LogP contribution is 2.24. The highest BCUT2D eigenvalue weighted by molar-refractivity contribution is 6.01. The highest BCUT2D eigenvalue weighted by Gasteiger charge is 2.35. The van der Waals surface area contributed by atoms with Crippen molar-refractivity contribution < 1.29 is 18.7 Å². The van der Waals surface area contributed by atoms with Gasteiger partial charge in [-0.25, -0.2) is 4.98 Å². The van der Waals surface area contributed by atoms with E-state index in [9.17, 15) is 9.59 Å². The summed E-state index contributed by atoms with van der Waals surface area (Å²) >= 11 is 0. The number of likely N-dealkylation sites (N-methyl/N-ethyl adjacent to an activating group) is 1. The molecule has 2 amide bonds. The number of amides is 2. The summed E-state index contributed by atoms with van der Waals surface area (Å²) in [6, 6.07) is 6.26. The lowest BCUT2D eigenvalue weighted by Crippen LogP contribution is -2.52. The summed E-state index contributed by atoms with van der Waals surface area (Å²) in [6.45, 7) is 0.546. The number of furan rings is 1. The average molecular weight is 343 g/mol. The van der Waals surface area contributed by atoms with Crippen LogP contribution in [0.3, 0.4) is 0 Å². The molecule has 132 valence electrons. The van der Waals surface area contributed by atoms with Crippen LogP contribution in [0.15, 0.2) is 41.1 Å². The van der Waals surface area contributed by atoms with Gasteiger partial charge in [-0.05, 0) is 37.5 Å².